The molecule has 5 heteroatoms. The van der Waals surface area contributed by atoms with E-state index in [0.717, 1.165) is 40.4 Å². The van der Waals surface area contributed by atoms with Gasteiger partial charge in [-0.25, -0.2) is 0 Å². The van der Waals surface area contributed by atoms with Crippen molar-refractivity contribution in [3.63, 3.8) is 0 Å². The van der Waals surface area contributed by atoms with Gasteiger partial charge in [0.2, 0.25) is 0 Å². The van der Waals surface area contributed by atoms with E-state index in [4.69, 9.17) is 11.1 Å². The Balaban J connectivity index is 2.99. The van der Waals surface area contributed by atoms with Gasteiger partial charge in [0.1, 0.15) is 10.9 Å². The monoisotopic (exact) mass is 238 g/mol. The zero-order valence-corrected chi connectivity index (χ0v) is 10.8. The van der Waals surface area contributed by atoms with Crippen LogP contribution in [0.3, 0.4) is 0 Å². The molecule has 0 unspecified atom stereocenters. The summed E-state index contributed by atoms with van der Waals surface area (Å²) in [7, 11) is 0. The van der Waals surface area contributed by atoms with Gasteiger partial charge in [0.15, 0.2) is 0 Å². The van der Waals surface area contributed by atoms with Gasteiger partial charge in [-0.1, -0.05) is 13.3 Å². The summed E-state index contributed by atoms with van der Waals surface area (Å²) in [6, 6.07) is 0. The fourth-order valence-corrected chi connectivity index (χ4v) is 2.45. The second-order valence-corrected chi connectivity index (χ2v) is 4.79. The van der Waals surface area contributed by atoms with Crippen molar-refractivity contribution in [2.24, 2.45) is 5.73 Å². The van der Waals surface area contributed by atoms with E-state index >= 15 is 0 Å². The van der Waals surface area contributed by atoms with Gasteiger partial charge in [-0.3, -0.25) is 5.41 Å². The Hall–Kier alpha value is -1.10. The minimum absolute atomic E-state index is 0.0782. The fourth-order valence-electron chi connectivity index (χ4n) is 1.32. The molecule has 3 N–H and O–H groups in total. The topological polar surface area (TPSA) is 75.7 Å². The van der Waals surface area contributed by atoms with E-state index in [-0.39, 0.29) is 5.84 Å². The minimum Gasteiger partial charge on any atom is -0.384 e. The van der Waals surface area contributed by atoms with E-state index in [0.29, 0.717) is 0 Å². The molecule has 0 fully saturated rings. The van der Waals surface area contributed by atoms with Crippen LogP contribution < -0.4 is 5.73 Å². The van der Waals surface area contributed by atoms with Crippen molar-refractivity contribution in [1.29, 1.82) is 5.41 Å². The van der Waals surface area contributed by atoms with Crippen molar-refractivity contribution in [2.75, 3.05) is 5.75 Å². The SMILES string of the molecule is CCCCSc1nnc(C)c(C)c1C(=N)N. The summed E-state index contributed by atoms with van der Waals surface area (Å²) in [5.74, 6) is 1.07. The first-order chi connectivity index (χ1) is 7.57. The molecule has 16 heavy (non-hydrogen) atoms. The molecule has 0 aliphatic carbocycles. The van der Waals surface area contributed by atoms with Crippen molar-refractivity contribution in [2.45, 2.75) is 38.6 Å². The maximum absolute atomic E-state index is 7.59. The predicted molar refractivity (Wildman–Crippen MR) is 68.2 cm³/mol. The number of amidine groups is 1. The van der Waals surface area contributed by atoms with Crippen molar-refractivity contribution in [3.8, 4) is 0 Å². The summed E-state index contributed by atoms with van der Waals surface area (Å²) < 4.78 is 0. The van der Waals surface area contributed by atoms with E-state index in [1.807, 2.05) is 13.8 Å². The highest BCUT2D eigenvalue weighted by Crippen LogP contribution is 2.24. The van der Waals surface area contributed by atoms with Gasteiger partial charge in [-0.2, -0.15) is 5.10 Å². The summed E-state index contributed by atoms with van der Waals surface area (Å²) in [6.07, 6.45) is 2.29. The quantitative estimate of drug-likeness (QED) is 0.357. The normalized spacial score (nSPS) is 10.4. The van der Waals surface area contributed by atoms with E-state index in [1.54, 1.807) is 11.8 Å². The third-order valence-electron chi connectivity index (χ3n) is 2.43. The second-order valence-electron chi connectivity index (χ2n) is 3.71. The summed E-state index contributed by atoms with van der Waals surface area (Å²) in [5, 5.41) is 16.6. The molecule has 4 nitrogen and oxygen atoms in total. The molecule has 0 atom stereocenters. The summed E-state index contributed by atoms with van der Waals surface area (Å²) in [6.45, 7) is 5.97. The molecule has 88 valence electrons. The lowest BCUT2D eigenvalue weighted by Gasteiger charge is -2.10. The molecular formula is C11H18N4S. The van der Waals surface area contributed by atoms with Crippen LogP contribution in [0.1, 0.15) is 36.6 Å². The number of thioether (sulfide) groups is 1. The first-order valence-electron chi connectivity index (χ1n) is 5.39. The molecule has 1 aromatic rings. The van der Waals surface area contributed by atoms with Crippen LogP contribution in [0.2, 0.25) is 0 Å². The third-order valence-corrected chi connectivity index (χ3v) is 3.48. The molecule has 0 saturated heterocycles. The van der Waals surface area contributed by atoms with Crippen LogP contribution in [0.15, 0.2) is 5.03 Å². The van der Waals surface area contributed by atoms with Gasteiger partial charge in [0.05, 0.1) is 11.3 Å². The second kappa shape index (κ2) is 5.84. The van der Waals surface area contributed by atoms with Crippen molar-refractivity contribution >= 4 is 17.6 Å². The summed E-state index contributed by atoms with van der Waals surface area (Å²) in [5.41, 5.74) is 8.13. The van der Waals surface area contributed by atoms with Crippen LogP contribution in [0.25, 0.3) is 0 Å². The number of hydrogen-bond acceptors (Lipinski definition) is 4. The molecule has 0 spiro atoms. The number of nitrogens with two attached hydrogens (primary N) is 1. The van der Waals surface area contributed by atoms with E-state index < -0.39 is 0 Å². The molecule has 0 aromatic carbocycles. The van der Waals surface area contributed by atoms with Crippen molar-refractivity contribution < 1.29 is 0 Å². The lowest BCUT2D eigenvalue weighted by atomic mass is 10.1. The molecule has 0 aliphatic heterocycles. The Bertz CT molecular complexity index is 390. The van der Waals surface area contributed by atoms with Crippen LogP contribution in [-0.2, 0) is 0 Å². The highest BCUT2D eigenvalue weighted by atomic mass is 32.2. The van der Waals surface area contributed by atoms with Gasteiger partial charge in [-0.15, -0.1) is 16.9 Å². The van der Waals surface area contributed by atoms with Crippen LogP contribution in [0.5, 0.6) is 0 Å². The third kappa shape index (κ3) is 2.95. The maximum atomic E-state index is 7.59. The number of nitrogens with one attached hydrogen (secondary N) is 1. The summed E-state index contributed by atoms with van der Waals surface area (Å²) in [4.78, 5) is 0. The number of unbranched alkanes of at least 4 members (excludes halogenated alkanes) is 1. The number of hydrogen-bond donors (Lipinski definition) is 2. The largest absolute Gasteiger partial charge is 0.384 e. The molecule has 0 bridgehead atoms. The maximum Gasteiger partial charge on any atom is 0.130 e. The van der Waals surface area contributed by atoms with E-state index in [1.165, 1.54) is 0 Å². The van der Waals surface area contributed by atoms with E-state index in [9.17, 15) is 0 Å². The van der Waals surface area contributed by atoms with Gasteiger partial charge in [-0.05, 0) is 31.6 Å². The first kappa shape index (κ1) is 13.0. The fraction of sp³-hybridized carbons (Fsp3) is 0.545. The molecule has 0 saturated carbocycles. The average molecular weight is 238 g/mol. The van der Waals surface area contributed by atoms with Crippen molar-refractivity contribution in [1.82, 2.24) is 10.2 Å². The standard InChI is InChI=1S/C11H18N4S/c1-4-5-6-16-11-9(10(12)13)7(2)8(3)14-15-11/h4-6H2,1-3H3,(H3,12,13). The lowest BCUT2D eigenvalue weighted by Crippen LogP contribution is -2.17. The zero-order chi connectivity index (χ0) is 12.1. The zero-order valence-electron chi connectivity index (χ0n) is 10.0. The Morgan fingerprint density at radius 3 is 2.62 bits per heavy atom. The Kier molecular flexibility index (Phi) is 4.73. The number of aromatic nitrogens is 2. The Morgan fingerprint density at radius 1 is 1.38 bits per heavy atom. The minimum atomic E-state index is 0.0782. The molecule has 1 aromatic heterocycles. The van der Waals surface area contributed by atoms with Gasteiger partial charge < -0.3 is 5.73 Å². The predicted octanol–water partition coefficient (Wildman–Crippen LogP) is 2.27. The van der Waals surface area contributed by atoms with Crippen LogP contribution in [0.4, 0.5) is 0 Å². The summed E-state index contributed by atoms with van der Waals surface area (Å²) >= 11 is 1.63. The molecule has 0 amide bonds. The van der Waals surface area contributed by atoms with Crippen LogP contribution in [0, 0.1) is 19.3 Å². The van der Waals surface area contributed by atoms with Crippen molar-refractivity contribution in [3.05, 3.63) is 16.8 Å². The smallest absolute Gasteiger partial charge is 0.130 e. The molecule has 1 heterocycles. The highest BCUT2D eigenvalue weighted by Gasteiger charge is 2.13. The highest BCUT2D eigenvalue weighted by molar-refractivity contribution is 7.99. The van der Waals surface area contributed by atoms with Gasteiger partial charge in [0, 0.05) is 0 Å². The Morgan fingerprint density at radius 2 is 2.06 bits per heavy atom. The van der Waals surface area contributed by atoms with Crippen LogP contribution >= 0.6 is 11.8 Å². The number of nitrogen functional groups attached to an aromatic ring is 1. The molecule has 0 radical (unpaired) electrons. The average Bonchev–Trinajstić information content (AvgIpc) is 2.23. The van der Waals surface area contributed by atoms with E-state index in [2.05, 4.69) is 17.1 Å². The molecular weight excluding hydrogens is 220 g/mol. The van der Waals surface area contributed by atoms with Crippen LogP contribution in [-0.4, -0.2) is 21.8 Å². The number of nitrogens with zero attached hydrogens (tertiary/aromatic N) is 2. The first-order valence-corrected chi connectivity index (χ1v) is 6.37. The lowest BCUT2D eigenvalue weighted by molar-refractivity contribution is 0.862. The number of aryl methyl sites for hydroxylation is 1. The Labute approximate surface area is 101 Å². The number of rotatable bonds is 5. The van der Waals surface area contributed by atoms with Gasteiger partial charge >= 0.3 is 0 Å². The van der Waals surface area contributed by atoms with Gasteiger partial charge in [0.25, 0.3) is 0 Å². The molecule has 1 rings (SSSR count). The molecule has 0 aliphatic rings.